The Bertz CT molecular complexity index is 600. The van der Waals surface area contributed by atoms with Gasteiger partial charge in [-0.05, 0) is 24.3 Å². The van der Waals surface area contributed by atoms with Crippen molar-refractivity contribution in [1.82, 2.24) is 9.80 Å². The second kappa shape index (κ2) is 5.48. The van der Waals surface area contributed by atoms with Crippen LogP contribution in [0.2, 0.25) is 5.02 Å². The zero-order chi connectivity index (χ0) is 15.8. The summed E-state index contributed by atoms with van der Waals surface area (Å²) in [4.78, 5) is 14.5. The van der Waals surface area contributed by atoms with Crippen LogP contribution in [0.5, 0.6) is 5.75 Å². The van der Waals surface area contributed by atoms with Crippen LogP contribution in [0.1, 0.15) is 5.56 Å². The van der Waals surface area contributed by atoms with Crippen molar-refractivity contribution < 1.29 is 22.7 Å². The summed E-state index contributed by atoms with van der Waals surface area (Å²) in [6.45, 7) is 0.380. The largest absolute Gasteiger partial charge is 0.439 e. The number of carbonyl (C=O) groups is 1. The Hall–Kier alpha value is -1.89. The van der Waals surface area contributed by atoms with Gasteiger partial charge in [0.15, 0.2) is 0 Å². The zero-order valence-electron chi connectivity index (χ0n) is 11.2. The summed E-state index contributed by atoms with van der Waals surface area (Å²) in [6, 6.07) is 2.51. The molecular formula is C13H12ClF3N2O2. The van der Waals surface area contributed by atoms with E-state index in [0.717, 1.165) is 18.2 Å². The third-order valence-corrected chi connectivity index (χ3v) is 3.10. The van der Waals surface area contributed by atoms with Gasteiger partial charge in [0.1, 0.15) is 5.75 Å². The molecule has 0 N–H and O–H groups in total. The molecule has 0 fully saturated rings. The first-order chi connectivity index (χ1) is 9.70. The number of benzene rings is 1. The van der Waals surface area contributed by atoms with Crippen LogP contribution >= 0.6 is 11.6 Å². The van der Waals surface area contributed by atoms with Crippen LogP contribution in [0.25, 0.3) is 0 Å². The minimum absolute atomic E-state index is 0.0622. The first-order valence-electron chi connectivity index (χ1n) is 5.93. The molecule has 4 nitrogen and oxygen atoms in total. The van der Waals surface area contributed by atoms with E-state index in [4.69, 9.17) is 16.3 Å². The van der Waals surface area contributed by atoms with E-state index in [1.807, 2.05) is 0 Å². The van der Waals surface area contributed by atoms with Crippen molar-refractivity contribution in [2.45, 2.75) is 6.18 Å². The van der Waals surface area contributed by atoms with E-state index < -0.39 is 11.7 Å². The normalized spacial score (nSPS) is 14.4. The maximum absolute atomic E-state index is 12.5. The van der Waals surface area contributed by atoms with E-state index in [2.05, 4.69) is 0 Å². The molecule has 2 amide bonds. The molecule has 0 radical (unpaired) electrons. The Labute approximate surface area is 124 Å². The molecule has 0 atom stereocenters. The highest BCUT2D eigenvalue weighted by atomic mass is 35.5. The number of hydrogen-bond acceptors (Lipinski definition) is 2. The fraction of sp³-hybridized carbons (Fsp3) is 0.308. The lowest BCUT2D eigenvalue weighted by Crippen LogP contribution is -2.45. The predicted octanol–water partition coefficient (Wildman–Crippen LogP) is 3.58. The van der Waals surface area contributed by atoms with Gasteiger partial charge < -0.3 is 9.64 Å². The fourth-order valence-corrected chi connectivity index (χ4v) is 1.86. The zero-order valence-corrected chi connectivity index (χ0v) is 12.0. The Balaban J connectivity index is 2.13. The lowest BCUT2D eigenvalue weighted by atomic mass is 10.2. The van der Waals surface area contributed by atoms with Gasteiger partial charge in [-0.2, -0.15) is 13.2 Å². The van der Waals surface area contributed by atoms with Crippen LogP contribution in [0, 0.1) is 0 Å². The smallest absolute Gasteiger partial charge is 0.416 e. The van der Waals surface area contributed by atoms with E-state index in [1.54, 1.807) is 20.2 Å². The van der Waals surface area contributed by atoms with Crippen LogP contribution in [-0.2, 0) is 6.18 Å². The third kappa shape index (κ3) is 3.24. The first kappa shape index (κ1) is 15.5. The molecule has 1 aromatic rings. The Morgan fingerprint density at radius 1 is 1.38 bits per heavy atom. The Morgan fingerprint density at radius 2 is 2.05 bits per heavy atom. The average Bonchev–Trinajstić information content (AvgIpc) is 2.34. The molecule has 2 rings (SSSR count). The van der Waals surface area contributed by atoms with Crippen LogP contribution in [0.15, 0.2) is 30.2 Å². The number of ether oxygens (including phenoxy) is 1. The summed E-state index contributed by atoms with van der Waals surface area (Å²) in [5.74, 6) is 0.308. The second-order valence-electron chi connectivity index (χ2n) is 4.57. The van der Waals surface area contributed by atoms with Gasteiger partial charge in [-0.15, -0.1) is 0 Å². The molecule has 0 saturated carbocycles. The lowest BCUT2D eigenvalue weighted by Gasteiger charge is -2.32. The van der Waals surface area contributed by atoms with Crippen LogP contribution in [0.4, 0.5) is 18.0 Å². The van der Waals surface area contributed by atoms with Crippen molar-refractivity contribution in [2.24, 2.45) is 0 Å². The summed E-state index contributed by atoms with van der Waals surface area (Å²) in [7, 11) is 3.17. The fourth-order valence-electron chi connectivity index (χ4n) is 1.64. The topological polar surface area (TPSA) is 32.8 Å². The number of amides is 2. The molecule has 0 saturated heterocycles. The van der Waals surface area contributed by atoms with E-state index in [1.165, 1.54) is 9.80 Å². The van der Waals surface area contributed by atoms with Crippen LogP contribution in [0.3, 0.4) is 0 Å². The highest BCUT2D eigenvalue weighted by Gasteiger charge is 2.32. The minimum Gasteiger partial charge on any atom is -0.439 e. The van der Waals surface area contributed by atoms with Gasteiger partial charge in [0.05, 0.1) is 17.1 Å². The molecule has 8 heteroatoms. The van der Waals surface area contributed by atoms with E-state index in [9.17, 15) is 18.0 Å². The summed E-state index contributed by atoms with van der Waals surface area (Å²) >= 11 is 5.78. The highest BCUT2D eigenvalue weighted by molar-refractivity contribution is 6.32. The second-order valence-corrected chi connectivity index (χ2v) is 4.98. The maximum Gasteiger partial charge on any atom is 0.416 e. The summed E-state index contributed by atoms with van der Waals surface area (Å²) < 4.78 is 43.0. The standard InChI is InChI=1S/C13H12ClF3N2O2/c1-18(2)12(20)19-6-5-11(19)21-10-4-3-8(7-9(10)14)13(15,16)17/h3-5,7H,6H2,1-2H3. The lowest BCUT2D eigenvalue weighted by molar-refractivity contribution is -0.137. The Kier molecular flexibility index (Phi) is 4.04. The number of nitrogens with zero attached hydrogens (tertiary/aromatic N) is 2. The van der Waals surface area contributed by atoms with Gasteiger partial charge in [0.25, 0.3) is 0 Å². The van der Waals surface area contributed by atoms with Gasteiger partial charge in [-0.25, -0.2) is 4.79 Å². The van der Waals surface area contributed by atoms with E-state index >= 15 is 0 Å². The number of halogens is 4. The van der Waals surface area contributed by atoms with Gasteiger partial charge in [-0.1, -0.05) is 11.6 Å². The average molecular weight is 321 g/mol. The number of hydrogen-bond donors (Lipinski definition) is 0. The van der Waals surface area contributed by atoms with E-state index in [-0.39, 0.29) is 22.7 Å². The Morgan fingerprint density at radius 3 is 2.48 bits per heavy atom. The molecular weight excluding hydrogens is 309 g/mol. The number of carbonyl (C=O) groups excluding carboxylic acids is 1. The number of alkyl halides is 3. The molecule has 0 aromatic heterocycles. The third-order valence-electron chi connectivity index (χ3n) is 2.80. The number of urea groups is 1. The molecule has 0 aliphatic carbocycles. The van der Waals surface area contributed by atoms with Crippen molar-refractivity contribution in [2.75, 3.05) is 20.6 Å². The highest BCUT2D eigenvalue weighted by Crippen LogP contribution is 2.36. The van der Waals surface area contributed by atoms with Crippen LogP contribution in [-0.4, -0.2) is 36.5 Å². The quantitative estimate of drug-likeness (QED) is 0.834. The van der Waals surface area contributed by atoms with Crippen molar-refractivity contribution in [3.05, 3.63) is 40.7 Å². The summed E-state index contributed by atoms with van der Waals surface area (Å²) in [6.07, 6.45) is -2.83. The maximum atomic E-state index is 12.5. The molecule has 0 bridgehead atoms. The van der Waals surface area contributed by atoms with Crippen molar-refractivity contribution in [3.8, 4) is 5.75 Å². The minimum atomic E-state index is -4.47. The molecule has 1 heterocycles. The monoisotopic (exact) mass is 320 g/mol. The van der Waals surface area contributed by atoms with Gasteiger partial charge >= 0.3 is 12.2 Å². The predicted molar refractivity (Wildman–Crippen MR) is 71.0 cm³/mol. The number of rotatable bonds is 2. The molecule has 0 unspecified atom stereocenters. The molecule has 1 aliphatic rings. The SMILES string of the molecule is CN(C)C(=O)N1CC=C1Oc1ccc(C(F)(F)F)cc1Cl. The van der Waals surface area contributed by atoms with Gasteiger partial charge in [-0.3, -0.25) is 4.90 Å². The van der Waals surface area contributed by atoms with Crippen LogP contribution < -0.4 is 4.74 Å². The molecule has 1 aromatic carbocycles. The van der Waals surface area contributed by atoms with Crippen molar-refractivity contribution in [1.29, 1.82) is 0 Å². The molecule has 114 valence electrons. The first-order valence-corrected chi connectivity index (χ1v) is 6.31. The summed E-state index contributed by atoms with van der Waals surface area (Å²) in [5, 5.41) is -0.171. The van der Waals surface area contributed by atoms with Gasteiger partial charge in [0, 0.05) is 14.1 Å². The van der Waals surface area contributed by atoms with E-state index in [0.29, 0.717) is 6.54 Å². The van der Waals surface area contributed by atoms with Gasteiger partial charge in [0.2, 0.25) is 5.88 Å². The summed E-state index contributed by atoms with van der Waals surface area (Å²) in [5.41, 5.74) is -0.858. The molecule has 1 aliphatic heterocycles. The van der Waals surface area contributed by atoms with Crippen molar-refractivity contribution >= 4 is 17.6 Å². The van der Waals surface area contributed by atoms with Crippen molar-refractivity contribution in [3.63, 3.8) is 0 Å². The molecule has 0 spiro atoms. The molecule has 21 heavy (non-hydrogen) atoms.